The Balaban J connectivity index is 1.72. The quantitative estimate of drug-likeness (QED) is 0.396. The van der Waals surface area contributed by atoms with Gasteiger partial charge < -0.3 is 9.84 Å². The molecule has 0 heterocycles. The molecule has 0 bridgehead atoms. The molecule has 1 unspecified atom stereocenters. The van der Waals surface area contributed by atoms with Crippen LogP contribution >= 0.6 is 0 Å². The summed E-state index contributed by atoms with van der Waals surface area (Å²) in [5.74, 6) is -0.511. The van der Waals surface area contributed by atoms with Gasteiger partial charge in [0.2, 0.25) is 0 Å². The number of aliphatic hydroxyl groups excluding tert-OH is 1. The molecule has 2 aliphatic carbocycles. The fraction of sp³-hybridized carbons (Fsp3) is 0.500. The first kappa shape index (κ1) is 19.5. The highest BCUT2D eigenvalue weighted by Crippen LogP contribution is 2.38. The zero-order chi connectivity index (χ0) is 18.2. The van der Waals surface area contributed by atoms with Crippen molar-refractivity contribution in [2.75, 3.05) is 6.61 Å². The van der Waals surface area contributed by atoms with Gasteiger partial charge in [0.25, 0.3) is 0 Å². The van der Waals surface area contributed by atoms with Crippen LogP contribution in [0.15, 0.2) is 60.8 Å². The Kier molecular flexibility index (Phi) is 7.01. The van der Waals surface area contributed by atoms with E-state index in [0.29, 0.717) is 13.0 Å². The molecule has 1 spiro atoms. The van der Waals surface area contributed by atoms with Crippen molar-refractivity contribution >= 4 is 5.97 Å². The van der Waals surface area contributed by atoms with Crippen LogP contribution in [-0.2, 0) is 9.53 Å². The molecule has 25 heavy (non-hydrogen) atoms. The molecule has 0 aromatic carbocycles. The maximum atomic E-state index is 11.3. The van der Waals surface area contributed by atoms with E-state index in [0.717, 1.165) is 25.7 Å². The Morgan fingerprint density at radius 3 is 2.48 bits per heavy atom. The van der Waals surface area contributed by atoms with E-state index in [4.69, 9.17) is 4.74 Å². The third kappa shape index (κ3) is 5.86. The highest BCUT2D eigenvalue weighted by Gasteiger charge is 2.26. The van der Waals surface area contributed by atoms with Crippen LogP contribution in [0, 0.1) is 10.8 Å². The zero-order valence-electron chi connectivity index (χ0n) is 15.4. The number of esters is 1. The summed E-state index contributed by atoms with van der Waals surface area (Å²) in [7, 11) is 0. The van der Waals surface area contributed by atoms with Crippen molar-refractivity contribution in [2.45, 2.75) is 52.1 Å². The summed E-state index contributed by atoms with van der Waals surface area (Å²) >= 11 is 0. The number of carbonyl (C=O) groups excluding carboxylic acids is 1. The summed E-state index contributed by atoms with van der Waals surface area (Å²) < 4.78 is 4.79. The number of hydrogen-bond donors (Lipinski definition) is 1. The zero-order valence-corrected chi connectivity index (χ0v) is 15.4. The predicted octanol–water partition coefficient (Wildman–Crippen LogP) is 4.66. The Morgan fingerprint density at radius 2 is 1.84 bits per heavy atom. The molecular formula is C22H30O3. The minimum atomic E-state index is -0.988. The SMILES string of the molecule is CCOC(=O)C(O)CCCC/C=C\C1(C)C=CC2(C=CCC=C2)C=C1. The second-order valence-electron chi connectivity index (χ2n) is 7.03. The molecule has 0 saturated carbocycles. The van der Waals surface area contributed by atoms with E-state index in [1.807, 2.05) is 0 Å². The van der Waals surface area contributed by atoms with Crippen molar-refractivity contribution in [2.24, 2.45) is 10.8 Å². The van der Waals surface area contributed by atoms with Crippen LogP contribution in [0.25, 0.3) is 0 Å². The van der Waals surface area contributed by atoms with Crippen LogP contribution in [0.4, 0.5) is 0 Å². The van der Waals surface area contributed by atoms with Gasteiger partial charge in [-0.3, -0.25) is 0 Å². The molecule has 0 aromatic rings. The highest BCUT2D eigenvalue weighted by molar-refractivity contribution is 5.74. The van der Waals surface area contributed by atoms with Crippen molar-refractivity contribution in [3.63, 3.8) is 0 Å². The fourth-order valence-corrected chi connectivity index (χ4v) is 3.06. The molecule has 0 aromatic heterocycles. The van der Waals surface area contributed by atoms with Gasteiger partial charge in [0, 0.05) is 10.8 Å². The van der Waals surface area contributed by atoms with Crippen molar-refractivity contribution in [1.82, 2.24) is 0 Å². The van der Waals surface area contributed by atoms with Gasteiger partial charge in [-0.1, -0.05) is 60.8 Å². The molecule has 0 saturated heterocycles. The molecule has 1 N–H and O–H groups in total. The lowest BCUT2D eigenvalue weighted by atomic mass is 9.74. The van der Waals surface area contributed by atoms with E-state index in [-0.39, 0.29) is 10.8 Å². The first-order valence-corrected chi connectivity index (χ1v) is 9.27. The highest BCUT2D eigenvalue weighted by atomic mass is 16.5. The molecular weight excluding hydrogens is 312 g/mol. The molecule has 2 aliphatic rings. The number of rotatable bonds is 8. The number of unbranched alkanes of at least 4 members (excludes halogenated alkanes) is 2. The smallest absolute Gasteiger partial charge is 0.334 e. The van der Waals surface area contributed by atoms with Gasteiger partial charge in [-0.05, 0) is 46.0 Å². The van der Waals surface area contributed by atoms with Crippen molar-refractivity contribution in [1.29, 1.82) is 0 Å². The third-order valence-corrected chi connectivity index (χ3v) is 4.68. The van der Waals surface area contributed by atoms with Gasteiger partial charge >= 0.3 is 5.97 Å². The van der Waals surface area contributed by atoms with Gasteiger partial charge in [-0.2, -0.15) is 0 Å². The fourth-order valence-electron chi connectivity index (χ4n) is 3.06. The van der Waals surface area contributed by atoms with Crippen molar-refractivity contribution in [3.8, 4) is 0 Å². The van der Waals surface area contributed by atoms with Crippen LogP contribution in [0.1, 0.15) is 46.0 Å². The van der Waals surface area contributed by atoms with Crippen molar-refractivity contribution < 1.29 is 14.6 Å². The molecule has 1 atom stereocenters. The Morgan fingerprint density at radius 1 is 1.16 bits per heavy atom. The maximum Gasteiger partial charge on any atom is 0.334 e. The van der Waals surface area contributed by atoms with Crippen LogP contribution < -0.4 is 0 Å². The summed E-state index contributed by atoms with van der Waals surface area (Å²) in [5, 5.41) is 9.65. The largest absolute Gasteiger partial charge is 0.464 e. The third-order valence-electron chi connectivity index (χ3n) is 4.68. The van der Waals surface area contributed by atoms with Gasteiger partial charge in [-0.25, -0.2) is 4.79 Å². The van der Waals surface area contributed by atoms with E-state index < -0.39 is 12.1 Å². The van der Waals surface area contributed by atoms with E-state index in [1.54, 1.807) is 6.92 Å². The lowest BCUT2D eigenvalue weighted by Crippen LogP contribution is -2.22. The molecule has 0 fully saturated rings. The Hall–Kier alpha value is -1.87. The Bertz CT molecular complexity index is 564. The minimum absolute atomic E-state index is 0.0329. The second kappa shape index (κ2) is 9.00. The van der Waals surface area contributed by atoms with Gasteiger partial charge in [0.1, 0.15) is 0 Å². The number of aliphatic hydroxyl groups is 1. The van der Waals surface area contributed by atoms with E-state index in [1.165, 1.54) is 0 Å². The average molecular weight is 342 g/mol. The molecule has 0 aliphatic heterocycles. The van der Waals surface area contributed by atoms with E-state index in [2.05, 4.69) is 67.7 Å². The molecule has 136 valence electrons. The van der Waals surface area contributed by atoms with Gasteiger partial charge in [0.05, 0.1) is 6.61 Å². The summed E-state index contributed by atoms with van der Waals surface area (Å²) in [4.78, 5) is 11.3. The first-order valence-electron chi connectivity index (χ1n) is 9.27. The van der Waals surface area contributed by atoms with Crippen LogP contribution in [-0.4, -0.2) is 23.8 Å². The monoisotopic (exact) mass is 342 g/mol. The molecule has 3 nitrogen and oxygen atoms in total. The maximum absolute atomic E-state index is 11.3. The lowest BCUT2D eigenvalue weighted by Gasteiger charge is -2.30. The number of hydrogen-bond acceptors (Lipinski definition) is 3. The minimum Gasteiger partial charge on any atom is -0.464 e. The van der Waals surface area contributed by atoms with Gasteiger partial charge in [0.15, 0.2) is 6.10 Å². The molecule has 3 heteroatoms. The van der Waals surface area contributed by atoms with Crippen LogP contribution in [0.5, 0.6) is 0 Å². The summed E-state index contributed by atoms with van der Waals surface area (Å²) in [6, 6.07) is 0. The second-order valence-corrected chi connectivity index (χ2v) is 7.03. The summed E-state index contributed by atoms with van der Waals surface area (Å²) in [6.07, 6.45) is 25.6. The Labute approximate surface area is 151 Å². The topological polar surface area (TPSA) is 46.5 Å². The summed E-state index contributed by atoms with van der Waals surface area (Å²) in [6.45, 7) is 4.25. The van der Waals surface area contributed by atoms with Crippen LogP contribution in [0.2, 0.25) is 0 Å². The number of allylic oxidation sites excluding steroid dienone is 10. The molecule has 2 rings (SSSR count). The lowest BCUT2D eigenvalue weighted by molar-refractivity contribution is -0.153. The van der Waals surface area contributed by atoms with E-state index >= 15 is 0 Å². The van der Waals surface area contributed by atoms with E-state index in [9.17, 15) is 9.90 Å². The number of ether oxygens (including phenoxy) is 1. The van der Waals surface area contributed by atoms with Gasteiger partial charge in [-0.15, -0.1) is 0 Å². The van der Waals surface area contributed by atoms with Crippen LogP contribution in [0.3, 0.4) is 0 Å². The number of carbonyl (C=O) groups is 1. The first-order chi connectivity index (χ1) is 12.0. The standard InChI is InChI=1S/C22H30O3/c1-3-25-20(24)19(23)11-7-4-5-8-12-21(2)15-17-22(18-16-21)13-9-6-10-14-22/h8-10,12-19,23H,3-7,11H2,1-2H3/b12-8-. The average Bonchev–Trinajstić information content (AvgIpc) is 2.62. The molecule has 0 radical (unpaired) electrons. The summed E-state index contributed by atoms with van der Waals surface area (Å²) in [5.41, 5.74) is -0.0797. The molecule has 0 amide bonds. The van der Waals surface area contributed by atoms with Crippen molar-refractivity contribution in [3.05, 3.63) is 60.8 Å². The normalized spacial score (nSPS) is 21.1. The predicted molar refractivity (Wildman–Crippen MR) is 102 cm³/mol.